The minimum absolute atomic E-state index is 0.0907. The summed E-state index contributed by atoms with van der Waals surface area (Å²) < 4.78 is 37.6. The number of carbonyl (C=O) groups is 1. The van der Waals surface area contributed by atoms with E-state index in [2.05, 4.69) is 0 Å². The van der Waals surface area contributed by atoms with Crippen LogP contribution in [0.1, 0.15) is 15.9 Å². The molecule has 4 heteroatoms. The Kier molecular flexibility index (Phi) is 2.70. The third kappa shape index (κ3) is 1.71. The summed E-state index contributed by atoms with van der Waals surface area (Å²) in [4.78, 5) is 10.7. The quantitative estimate of drug-likeness (QED) is 0.651. The normalized spacial score (nSPS) is 10.2. The van der Waals surface area contributed by atoms with E-state index in [-0.39, 0.29) is 5.56 Å². The van der Waals surface area contributed by atoms with Crippen molar-refractivity contribution in [2.75, 3.05) is 6.67 Å². The van der Waals surface area contributed by atoms with Gasteiger partial charge < -0.3 is 0 Å². The van der Waals surface area contributed by atoms with Gasteiger partial charge in [0.2, 0.25) is 0 Å². The lowest BCUT2D eigenvalue weighted by molar-refractivity contribution is 0.0953. The van der Waals surface area contributed by atoms with Gasteiger partial charge in [0.1, 0.15) is 0 Å². The Hall–Kier alpha value is -1.32. The summed E-state index contributed by atoms with van der Waals surface area (Å²) in [6.45, 7) is 0.0432. The summed E-state index contributed by atoms with van der Waals surface area (Å²) in [6.07, 6.45) is 0. The molecule has 0 heterocycles. The summed E-state index contributed by atoms with van der Waals surface area (Å²) in [5, 5.41) is 0. The number of alkyl halides is 1. The maximum absolute atomic E-state index is 12.9. The first-order valence-corrected chi connectivity index (χ1v) is 3.61. The highest BCUT2D eigenvalue weighted by atomic mass is 19.2. The Balaban J connectivity index is 3.26. The van der Waals surface area contributed by atoms with E-state index in [9.17, 15) is 18.0 Å². The van der Waals surface area contributed by atoms with Crippen LogP contribution in [-0.2, 0) is 0 Å². The Morgan fingerprint density at radius 3 is 2.46 bits per heavy atom. The lowest BCUT2D eigenvalue weighted by atomic mass is 10.1. The highest BCUT2D eigenvalue weighted by Crippen LogP contribution is 2.16. The molecule has 1 aromatic carbocycles. The molecule has 1 rings (SSSR count). The molecule has 0 saturated carbocycles. The van der Waals surface area contributed by atoms with Gasteiger partial charge in [-0.15, -0.1) is 0 Å². The van der Waals surface area contributed by atoms with Gasteiger partial charge in [0.05, 0.1) is 5.56 Å². The van der Waals surface area contributed by atoms with Crippen LogP contribution in [0.2, 0.25) is 0 Å². The van der Waals surface area contributed by atoms with Crippen LogP contribution in [0.15, 0.2) is 12.1 Å². The van der Waals surface area contributed by atoms with Crippen LogP contribution < -0.4 is 0 Å². The van der Waals surface area contributed by atoms with Crippen molar-refractivity contribution in [3.05, 3.63) is 34.9 Å². The number of aryl methyl sites for hydroxylation is 1. The molecule has 0 fully saturated rings. The van der Waals surface area contributed by atoms with Crippen molar-refractivity contribution in [1.82, 2.24) is 0 Å². The van der Waals surface area contributed by atoms with E-state index in [4.69, 9.17) is 0 Å². The van der Waals surface area contributed by atoms with Gasteiger partial charge in [-0.3, -0.25) is 4.79 Å². The molecule has 0 unspecified atom stereocenters. The fourth-order valence-electron chi connectivity index (χ4n) is 0.933. The Morgan fingerprint density at radius 2 is 1.92 bits per heavy atom. The predicted octanol–water partition coefficient (Wildman–Crippen LogP) is 2.43. The Morgan fingerprint density at radius 1 is 1.31 bits per heavy atom. The summed E-state index contributed by atoms with van der Waals surface area (Å²) in [5.41, 5.74) is -0.446. The van der Waals surface area contributed by atoms with Crippen LogP contribution in [0.3, 0.4) is 0 Å². The number of hydrogen-bond acceptors (Lipinski definition) is 1. The first-order valence-electron chi connectivity index (χ1n) is 3.61. The zero-order valence-corrected chi connectivity index (χ0v) is 6.90. The van der Waals surface area contributed by atoms with E-state index in [0.717, 1.165) is 6.07 Å². The molecule has 0 radical (unpaired) electrons. The fraction of sp³-hybridized carbons (Fsp3) is 0.222. The molecule has 13 heavy (non-hydrogen) atoms. The van der Waals surface area contributed by atoms with Crippen molar-refractivity contribution in [2.45, 2.75) is 6.92 Å². The third-order valence-corrected chi connectivity index (χ3v) is 1.70. The van der Waals surface area contributed by atoms with Gasteiger partial charge in [-0.05, 0) is 18.6 Å². The molecule has 0 spiro atoms. The highest BCUT2D eigenvalue weighted by molar-refractivity contribution is 5.97. The highest BCUT2D eigenvalue weighted by Gasteiger charge is 2.16. The van der Waals surface area contributed by atoms with E-state index in [0.29, 0.717) is 0 Å². The van der Waals surface area contributed by atoms with Gasteiger partial charge in [-0.2, -0.15) is 0 Å². The van der Waals surface area contributed by atoms with Gasteiger partial charge >= 0.3 is 0 Å². The molecular weight excluding hydrogens is 181 g/mol. The van der Waals surface area contributed by atoms with Crippen LogP contribution in [0, 0.1) is 18.6 Å². The topological polar surface area (TPSA) is 17.1 Å². The van der Waals surface area contributed by atoms with Crippen molar-refractivity contribution in [3.8, 4) is 0 Å². The molecular formula is C9H7F3O. The predicted molar refractivity (Wildman–Crippen MR) is 41.4 cm³/mol. The minimum atomic E-state index is -1.32. The molecule has 1 aromatic rings. The monoisotopic (exact) mass is 188 g/mol. The number of rotatable bonds is 2. The van der Waals surface area contributed by atoms with Crippen molar-refractivity contribution in [2.24, 2.45) is 0 Å². The summed E-state index contributed by atoms with van der Waals surface area (Å²) in [6, 6.07) is 2.32. The number of hydrogen-bond donors (Lipinski definition) is 0. The Bertz CT molecular complexity index is 347. The van der Waals surface area contributed by atoms with E-state index < -0.39 is 29.7 Å². The number of ketones is 1. The molecule has 0 N–H and O–H groups in total. The van der Waals surface area contributed by atoms with Crippen LogP contribution in [-0.4, -0.2) is 12.5 Å². The fourth-order valence-corrected chi connectivity index (χ4v) is 0.933. The number of halogens is 3. The lowest BCUT2D eigenvalue weighted by Gasteiger charge is -2.02. The van der Waals surface area contributed by atoms with Crippen LogP contribution >= 0.6 is 0 Å². The molecule has 0 saturated heterocycles. The minimum Gasteiger partial charge on any atom is -0.291 e. The molecule has 0 aliphatic rings. The second-order valence-electron chi connectivity index (χ2n) is 2.61. The third-order valence-electron chi connectivity index (χ3n) is 1.70. The molecule has 0 bridgehead atoms. The van der Waals surface area contributed by atoms with E-state index >= 15 is 0 Å². The summed E-state index contributed by atoms with van der Waals surface area (Å²) in [5.74, 6) is -3.42. The molecule has 0 aromatic heterocycles. The molecule has 0 atom stereocenters. The Labute approximate surface area is 73.2 Å². The molecule has 1 nitrogen and oxygen atoms in total. The largest absolute Gasteiger partial charge is 0.291 e. The number of carbonyl (C=O) groups excluding carboxylic acids is 1. The maximum atomic E-state index is 12.9. The first-order chi connectivity index (χ1) is 6.07. The standard InChI is InChI=1S/C9H7F3O/c1-5-2-3-6(7(13)4-10)9(12)8(5)11/h2-3H,4H2,1H3. The molecule has 0 aliphatic carbocycles. The number of benzene rings is 1. The van der Waals surface area contributed by atoms with Crippen LogP contribution in [0.5, 0.6) is 0 Å². The smallest absolute Gasteiger partial charge is 0.196 e. The van der Waals surface area contributed by atoms with Gasteiger partial charge in [-0.1, -0.05) is 6.07 Å². The van der Waals surface area contributed by atoms with Crippen molar-refractivity contribution < 1.29 is 18.0 Å². The van der Waals surface area contributed by atoms with E-state index in [1.165, 1.54) is 13.0 Å². The van der Waals surface area contributed by atoms with E-state index in [1.807, 2.05) is 0 Å². The van der Waals surface area contributed by atoms with Gasteiger partial charge in [0.25, 0.3) is 0 Å². The SMILES string of the molecule is Cc1ccc(C(=O)CF)c(F)c1F. The molecule has 0 aliphatic heterocycles. The second kappa shape index (κ2) is 3.60. The van der Waals surface area contributed by atoms with E-state index in [1.54, 1.807) is 0 Å². The second-order valence-corrected chi connectivity index (χ2v) is 2.61. The average Bonchev–Trinajstić information content (AvgIpc) is 2.13. The van der Waals surface area contributed by atoms with Crippen LogP contribution in [0.4, 0.5) is 13.2 Å². The molecule has 0 amide bonds. The number of Topliss-reactive ketones (excluding diaryl/α,β-unsaturated/α-hetero) is 1. The van der Waals surface area contributed by atoms with Gasteiger partial charge in [-0.25, -0.2) is 13.2 Å². The van der Waals surface area contributed by atoms with Crippen LogP contribution in [0.25, 0.3) is 0 Å². The van der Waals surface area contributed by atoms with Gasteiger partial charge in [0.15, 0.2) is 24.1 Å². The maximum Gasteiger partial charge on any atom is 0.196 e. The average molecular weight is 188 g/mol. The van der Waals surface area contributed by atoms with Crippen molar-refractivity contribution in [1.29, 1.82) is 0 Å². The van der Waals surface area contributed by atoms with Crippen molar-refractivity contribution >= 4 is 5.78 Å². The zero-order valence-electron chi connectivity index (χ0n) is 6.90. The summed E-state index contributed by atoms with van der Waals surface area (Å²) >= 11 is 0. The molecule has 70 valence electrons. The lowest BCUT2D eigenvalue weighted by Crippen LogP contribution is -2.06. The first kappa shape index (κ1) is 9.77. The summed E-state index contributed by atoms with van der Waals surface area (Å²) in [7, 11) is 0. The van der Waals surface area contributed by atoms with Crippen molar-refractivity contribution in [3.63, 3.8) is 0 Å². The zero-order chi connectivity index (χ0) is 10.0. The van der Waals surface area contributed by atoms with Gasteiger partial charge in [0, 0.05) is 0 Å².